The fourth-order valence-electron chi connectivity index (χ4n) is 6.31. The van der Waals surface area contributed by atoms with E-state index in [0.717, 1.165) is 16.9 Å². The Bertz CT molecular complexity index is 2340. The molecule has 0 fully saturated rings. The molecule has 0 saturated carbocycles. The normalized spacial score (nSPS) is 12.1. The number of benzene rings is 6. The Morgan fingerprint density at radius 2 is 1.18 bits per heavy atom. The molecule has 9 aromatic rings. The number of para-hydroxylation sites is 2. The Kier molecular flexibility index (Phi) is 4.24. The van der Waals surface area contributed by atoms with Crippen LogP contribution in [0.4, 0.5) is 0 Å². The summed E-state index contributed by atoms with van der Waals surface area (Å²) in [5, 5.41) is 7.38. The second kappa shape index (κ2) is 7.83. The minimum Gasteiger partial charge on any atom is -0.455 e. The largest absolute Gasteiger partial charge is 0.455 e. The van der Waals surface area contributed by atoms with Gasteiger partial charge < -0.3 is 8.98 Å². The van der Waals surface area contributed by atoms with E-state index in [1.165, 1.54) is 63.9 Å². The first-order valence-electron chi connectivity index (χ1n) is 13.2. The first-order valence-corrected chi connectivity index (χ1v) is 14.0. The van der Waals surface area contributed by atoms with Crippen LogP contribution >= 0.6 is 11.3 Å². The molecular weight excluding hydrogens is 494 g/mol. The number of fused-ring (bicyclic) bond motifs is 12. The zero-order valence-corrected chi connectivity index (χ0v) is 21.7. The van der Waals surface area contributed by atoms with Crippen molar-refractivity contribution in [3.63, 3.8) is 0 Å². The third kappa shape index (κ3) is 2.85. The van der Waals surface area contributed by atoms with E-state index in [2.05, 4.69) is 132 Å². The Balaban J connectivity index is 1.50. The molecule has 0 unspecified atom stereocenters. The summed E-state index contributed by atoms with van der Waals surface area (Å²) in [6.07, 6.45) is 0. The molecule has 39 heavy (non-hydrogen) atoms. The molecule has 182 valence electrons. The minimum absolute atomic E-state index is 0.933. The second-order valence-corrected chi connectivity index (χ2v) is 11.1. The van der Waals surface area contributed by atoms with Crippen LogP contribution < -0.4 is 0 Å². The highest BCUT2D eigenvalue weighted by molar-refractivity contribution is 7.27. The highest BCUT2D eigenvalue weighted by atomic mass is 32.1. The summed E-state index contributed by atoms with van der Waals surface area (Å²) in [4.78, 5) is 0. The van der Waals surface area contributed by atoms with Gasteiger partial charge in [0.2, 0.25) is 0 Å². The van der Waals surface area contributed by atoms with Gasteiger partial charge in [0, 0.05) is 42.0 Å². The van der Waals surface area contributed by atoms with Gasteiger partial charge in [-0.3, -0.25) is 0 Å². The number of hydrogen-bond donors (Lipinski definition) is 0. The predicted octanol–water partition coefficient (Wildman–Crippen LogP) is 10.7. The maximum Gasteiger partial charge on any atom is 0.146 e. The standard InChI is InChI=1S/C36H21NOS/c1-2-10-22(11-3-1)23-18-20-24(21-19-23)37-28-15-7-4-12-25(28)31-34(37)32-27-14-6-9-17-30(27)39-36(32)33-26-13-5-8-16-29(26)38-35(31)33/h1-21H. The van der Waals surface area contributed by atoms with Crippen molar-refractivity contribution in [1.29, 1.82) is 0 Å². The zero-order chi connectivity index (χ0) is 25.5. The van der Waals surface area contributed by atoms with Crippen LogP contribution in [0.1, 0.15) is 0 Å². The molecule has 0 amide bonds. The van der Waals surface area contributed by atoms with Gasteiger partial charge in [-0.1, -0.05) is 97.1 Å². The highest BCUT2D eigenvalue weighted by Gasteiger charge is 2.25. The highest BCUT2D eigenvalue weighted by Crippen LogP contribution is 2.50. The molecule has 2 nitrogen and oxygen atoms in total. The summed E-state index contributed by atoms with van der Waals surface area (Å²) in [5.41, 5.74) is 7.89. The lowest BCUT2D eigenvalue weighted by Crippen LogP contribution is -1.94. The molecule has 0 aliphatic rings. The van der Waals surface area contributed by atoms with E-state index in [-0.39, 0.29) is 0 Å². The lowest BCUT2D eigenvalue weighted by atomic mass is 10.0. The van der Waals surface area contributed by atoms with Crippen molar-refractivity contribution in [3.05, 3.63) is 127 Å². The summed E-state index contributed by atoms with van der Waals surface area (Å²) in [6, 6.07) is 45.5. The summed E-state index contributed by atoms with van der Waals surface area (Å²) in [7, 11) is 0. The van der Waals surface area contributed by atoms with E-state index in [9.17, 15) is 0 Å². The summed E-state index contributed by atoms with van der Waals surface area (Å²) < 4.78 is 11.7. The molecule has 0 aliphatic heterocycles. The monoisotopic (exact) mass is 515 g/mol. The quantitative estimate of drug-likeness (QED) is 0.224. The molecule has 0 radical (unpaired) electrons. The van der Waals surface area contributed by atoms with Crippen LogP contribution in [0.3, 0.4) is 0 Å². The van der Waals surface area contributed by atoms with Gasteiger partial charge in [-0.25, -0.2) is 0 Å². The summed E-state index contributed by atoms with van der Waals surface area (Å²) in [6.45, 7) is 0. The summed E-state index contributed by atoms with van der Waals surface area (Å²) >= 11 is 1.87. The maximum atomic E-state index is 6.70. The minimum atomic E-state index is 0.933. The van der Waals surface area contributed by atoms with E-state index >= 15 is 0 Å². The summed E-state index contributed by atoms with van der Waals surface area (Å²) in [5.74, 6) is 0. The molecule has 3 aromatic heterocycles. The van der Waals surface area contributed by atoms with E-state index in [1.807, 2.05) is 11.3 Å². The van der Waals surface area contributed by atoms with Crippen LogP contribution in [0.25, 0.3) is 80.7 Å². The molecule has 3 heteroatoms. The molecule has 3 heterocycles. The van der Waals surface area contributed by atoms with Crippen molar-refractivity contribution in [2.75, 3.05) is 0 Å². The second-order valence-electron chi connectivity index (χ2n) is 10.1. The fourth-order valence-corrected chi connectivity index (χ4v) is 7.57. The molecule has 0 aliphatic carbocycles. The SMILES string of the molecule is c1ccc(-c2ccc(-n3c4ccccc4c4c5oc6ccccc6c5c5sc6ccccc6c5c43)cc2)cc1. The molecule has 0 spiro atoms. The topological polar surface area (TPSA) is 18.1 Å². The molecular formula is C36H21NOS. The van der Waals surface area contributed by atoms with Gasteiger partial charge in [0.05, 0.1) is 16.4 Å². The van der Waals surface area contributed by atoms with Crippen LogP contribution in [0.5, 0.6) is 0 Å². The Hall–Kier alpha value is -4.86. The number of hydrogen-bond acceptors (Lipinski definition) is 2. The van der Waals surface area contributed by atoms with E-state index in [1.54, 1.807) is 0 Å². The van der Waals surface area contributed by atoms with Crippen molar-refractivity contribution in [2.24, 2.45) is 0 Å². The lowest BCUT2D eigenvalue weighted by Gasteiger charge is -2.11. The van der Waals surface area contributed by atoms with E-state index in [0.29, 0.717) is 0 Å². The predicted molar refractivity (Wildman–Crippen MR) is 166 cm³/mol. The van der Waals surface area contributed by atoms with Crippen LogP contribution in [-0.4, -0.2) is 4.57 Å². The first-order chi connectivity index (χ1) is 19.4. The zero-order valence-electron chi connectivity index (χ0n) is 20.9. The Morgan fingerprint density at radius 1 is 0.513 bits per heavy atom. The van der Waals surface area contributed by atoms with Gasteiger partial charge in [-0.05, 0) is 41.5 Å². The number of aromatic nitrogens is 1. The van der Waals surface area contributed by atoms with Crippen molar-refractivity contribution in [3.8, 4) is 16.8 Å². The van der Waals surface area contributed by atoms with Crippen molar-refractivity contribution >= 4 is 75.3 Å². The lowest BCUT2D eigenvalue weighted by molar-refractivity contribution is 0.673. The average Bonchev–Trinajstić information content (AvgIpc) is 3.67. The van der Waals surface area contributed by atoms with Crippen LogP contribution in [0, 0.1) is 0 Å². The van der Waals surface area contributed by atoms with Gasteiger partial charge in [0.15, 0.2) is 0 Å². The smallest absolute Gasteiger partial charge is 0.146 e. The van der Waals surface area contributed by atoms with Crippen molar-refractivity contribution < 1.29 is 4.42 Å². The fraction of sp³-hybridized carbons (Fsp3) is 0. The van der Waals surface area contributed by atoms with Gasteiger partial charge in [0.25, 0.3) is 0 Å². The molecule has 0 saturated heterocycles. The van der Waals surface area contributed by atoms with Crippen LogP contribution in [0.2, 0.25) is 0 Å². The molecule has 0 bridgehead atoms. The number of furan rings is 1. The van der Waals surface area contributed by atoms with Gasteiger partial charge >= 0.3 is 0 Å². The average molecular weight is 516 g/mol. The van der Waals surface area contributed by atoms with Gasteiger partial charge in [-0.15, -0.1) is 11.3 Å². The molecule has 9 rings (SSSR count). The third-order valence-corrected chi connectivity index (χ3v) is 9.18. The van der Waals surface area contributed by atoms with Crippen LogP contribution in [-0.2, 0) is 0 Å². The number of nitrogens with zero attached hydrogens (tertiary/aromatic N) is 1. The molecule has 6 aromatic carbocycles. The number of rotatable bonds is 2. The van der Waals surface area contributed by atoms with Gasteiger partial charge in [-0.2, -0.15) is 0 Å². The number of thiophene rings is 1. The maximum absolute atomic E-state index is 6.70. The first kappa shape index (κ1) is 21.1. The molecule has 0 atom stereocenters. The van der Waals surface area contributed by atoms with Crippen molar-refractivity contribution in [2.45, 2.75) is 0 Å². The molecule has 0 N–H and O–H groups in total. The third-order valence-electron chi connectivity index (χ3n) is 7.99. The van der Waals surface area contributed by atoms with Crippen molar-refractivity contribution in [1.82, 2.24) is 4.57 Å². The Morgan fingerprint density at radius 3 is 2.03 bits per heavy atom. The van der Waals surface area contributed by atoms with Gasteiger partial charge in [0.1, 0.15) is 11.2 Å². The van der Waals surface area contributed by atoms with Crippen LogP contribution in [0.15, 0.2) is 132 Å². The van der Waals surface area contributed by atoms with E-state index < -0.39 is 0 Å². The Labute approximate surface area is 227 Å². The van der Waals surface area contributed by atoms with E-state index in [4.69, 9.17) is 4.42 Å².